The van der Waals surface area contributed by atoms with Crippen molar-refractivity contribution in [3.8, 4) is 5.75 Å². The Morgan fingerprint density at radius 3 is 2.52 bits per heavy atom. The van der Waals surface area contributed by atoms with Crippen LogP contribution in [0.1, 0.15) is 48.1 Å². The molecular formula is C19H24O2. The second kappa shape index (κ2) is 6.77. The molecule has 2 aromatic carbocycles. The Labute approximate surface area is 127 Å². The number of rotatable bonds is 5. The molecule has 0 amide bonds. The van der Waals surface area contributed by atoms with Gasteiger partial charge in [-0.2, -0.15) is 0 Å². The van der Waals surface area contributed by atoms with Crippen molar-refractivity contribution >= 4 is 0 Å². The van der Waals surface area contributed by atoms with Gasteiger partial charge in [-0.05, 0) is 48.6 Å². The van der Waals surface area contributed by atoms with Gasteiger partial charge in [0.25, 0.3) is 0 Å². The smallest absolute Gasteiger partial charge is 0.119 e. The minimum atomic E-state index is -0.604. The van der Waals surface area contributed by atoms with Crippen LogP contribution in [0.2, 0.25) is 0 Å². The van der Waals surface area contributed by atoms with Crippen molar-refractivity contribution in [1.29, 1.82) is 0 Å². The lowest BCUT2D eigenvalue weighted by Gasteiger charge is -2.16. The van der Waals surface area contributed by atoms with E-state index in [0.717, 1.165) is 22.4 Å². The lowest BCUT2D eigenvalue weighted by Crippen LogP contribution is -2.11. The quantitative estimate of drug-likeness (QED) is 0.873. The summed E-state index contributed by atoms with van der Waals surface area (Å²) in [6, 6.07) is 14.2. The maximum Gasteiger partial charge on any atom is 0.119 e. The van der Waals surface area contributed by atoms with Crippen LogP contribution in [0.4, 0.5) is 0 Å². The van der Waals surface area contributed by atoms with E-state index in [9.17, 15) is 5.11 Å². The maximum absolute atomic E-state index is 10.3. The summed E-state index contributed by atoms with van der Waals surface area (Å²) < 4.78 is 5.76. The van der Waals surface area contributed by atoms with E-state index in [-0.39, 0.29) is 6.61 Å². The summed E-state index contributed by atoms with van der Waals surface area (Å²) in [5, 5.41) is 10.3. The minimum Gasteiger partial charge on any atom is -0.491 e. The summed E-state index contributed by atoms with van der Waals surface area (Å²) in [4.78, 5) is 0. The highest BCUT2D eigenvalue weighted by Crippen LogP contribution is 2.23. The fourth-order valence-electron chi connectivity index (χ4n) is 2.35. The van der Waals surface area contributed by atoms with Gasteiger partial charge in [0, 0.05) is 0 Å². The highest BCUT2D eigenvalue weighted by molar-refractivity contribution is 5.33. The third-order valence-electron chi connectivity index (χ3n) is 3.73. The second-order valence-corrected chi connectivity index (χ2v) is 5.91. The minimum absolute atomic E-state index is 0.270. The van der Waals surface area contributed by atoms with Gasteiger partial charge in [-0.15, -0.1) is 0 Å². The first kappa shape index (κ1) is 15.6. The van der Waals surface area contributed by atoms with Crippen LogP contribution in [0.25, 0.3) is 0 Å². The van der Waals surface area contributed by atoms with Crippen LogP contribution < -0.4 is 4.74 Å². The summed E-state index contributed by atoms with van der Waals surface area (Å²) in [7, 11) is 0. The van der Waals surface area contributed by atoms with Crippen molar-refractivity contribution in [2.45, 2.75) is 39.7 Å². The number of benzene rings is 2. The number of aliphatic hydroxyl groups is 1. The van der Waals surface area contributed by atoms with Gasteiger partial charge in [0.2, 0.25) is 0 Å². The van der Waals surface area contributed by atoms with Crippen molar-refractivity contribution in [3.05, 3.63) is 64.7 Å². The molecule has 0 radical (unpaired) electrons. The van der Waals surface area contributed by atoms with E-state index in [1.165, 1.54) is 5.56 Å². The van der Waals surface area contributed by atoms with E-state index < -0.39 is 6.10 Å². The van der Waals surface area contributed by atoms with Gasteiger partial charge in [0.05, 0.1) is 0 Å². The molecule has 0 aliphatic heterocycles. The zero-order chi connectivity index (χ0) is 15.4. The molecule has 1 N–H and O–H groups in total. The van der Waals surface area contributed by atoms with Crippen molar-refractivity contribution in [1.82, 2.24) is 0 Å². The molecular weight excluding hydrogens is 260 g/mol. The van der Waals surface area contributed by atoms with E-state index in [2.05, 4.69) is 26.0 Å². The Morgan fingerprint density at radius 1 is 1.05 bits per heavy atom. The highest BCUT2D eigenvalue weighted by Gasteiger charge is 2.12. The van der Waals surface area contributed by atoms with Crippen molar-refractivity contribution in [2.24, 2.45) is 0 Å². The summed E-state index contributed by atoms with van der Waals surface area (Å²) in [6.07, 6.45) is -0.604. The predicted molar refractivity (Wildman–Crippen MR) is 86.9 cm³/mol. The van der Waals surface area contributed by atoms with Crippen LogP contribution >= 0.6 is 0 Å². The molecule has 0 aromatic heterocycles. The van der Waals surface area contributed by atoms with Gasteiger partial charge in [-0.3, -0.25) is 0 Å². The van der Waals surface area contributed by atoms with Crippen LogP contribution in [0.5, 0.6) is 5.75 Å². The molecule has 0 bridgehead atoms. The Morgan fingerprint density at radius 2 is 1.81 bits per heavy atom. The molecule has 2 nitrogen and oxygen atoms in total. The Balaban J connectivity index is 2.05. The van der Waals surface area contributed by atoms with E-state index in [0.29, 0.717) is 5.92 Å². The third kappa shape index (κ3) is 4.08. The summed E-state index contributed by atoms with van der Waals surface area (Å²) in [6.45, 7) is 8.62. The standard InChI is InChI=1S/C19H24O2/c1-13(2)16-6-5-7-17(11-16)21-12-19(20)18-10-14(3)8-9-15(18)4/h5-11,13,19-20H,12H2,1-4H3. The topological polar surface area (TPSA) is 29.5 Å². The molecule has 112 valence electrons. The zero-order valence-electron chi connectivity index (χ0n) is 13.3. The number of hydrogen-bond donors (Lipinski definition) is 1. The van der Waals surface area contributed by atoms with Crippen LogP contribution in [-0.2, 0) is 0 Å². The first-order valence-corrected chi connectivity index (χ1v) is 7.45. The largest absolute Gasteiger partial charge is 0.491 e. The molecule has 1 unspecified atom stereocenters. The zero-order valence-corrected chi connectivity index (χ0v) is 13.3. The van der Waals surface area contributed by atoms with Crippen molar-refractivity contribution < 1.29 is 9.84 Å². The van der Waals surface area contributed by atoms with Crippen molar-refractivity contribution in [3.63, 3.8) is 0 Å². The normalized spacial score (nSPS) is 12.5. The van der Waals surface area contributed by atoms with Crippen LogP contribution in [0, 0.1) is 13.8 Å². The SMILES string of the molecule is Cc1ccc(C)c(C(O)COc2cccc(C(C)C)c2)c1. The van der Waals surface area contributed by atoms with Gasteiger partial charge in [-0.1, -0.05) is 49.7 Å². The monoisotopic (exact) mass is 284 g/mol. The second-order valence-electron chi connectivity index (χ2n) is 5.91. The number of aliphatic hydroxyl groups excluding tert-OH is 1. The van der Waals surface area contributed by atoms with Gasteiger partial charge in [0.1, 0.15) is 18.5 Å². The van der Waals surface area contributed by atoms with Crippen LogP contribution in [-0.4, -0.2) is 11.7 Å². The molecule has 1 atom stereocenters. The Bertz CT molecular complexity index is 602. The summed E-state index contributed by atoms with van der Waals surface area (Å²) >= 11 is 0. The first-order chi connectivity index (χ1) is 9.97. The van der Waals surface area contributed by atoms with Gasteiger partial charge < -0.3 is 9.84 Å². The molecule has 2 heteroatoms. The van der Waals surface area contributed by atoms with E-state index in [4.69, 9.17) is 4.74 Å². The molecule has 0 saturated heterocycles. The summed E-state index contributed by atoms with van der Waals surface area (Å²) in [5.74, 6) is 1.28. The molecule has 0 saturated carbocycles. The number of aryl methyl sites for hydroxylation is 2. The molecule has 0 spiro atoms. The molecule has 2 aromatic rings. The molecule has 0 fully saturated rings. The predicted octanol–water partition coefficient (Wildman–Crippen LogP) is 4.54. The Kier molecular flexibility index (Phi) is 5.03. The highest BCUT2D eigenvalue weighted by atomic mass is 16.5. The van der Waals surface area contributed by atoms with Gasteiger partial charge in [-0.25, -0.2) is 0 Å². The van der Waals surface area contributed by atoms with E-state index in [1.807, 2.05) is 44.2 Å². The first-order valence-electron chi connectivity index (χ1n) is 7.45. The van der Waals surface area contributed by atoms with Gasteiger partial charge >= 0.3 is 0 Å². The Hall–Kier alpha value is -1.80. The third-order valence-corrected chi connectivity index (χ3v) is 3.73. The maximum atomic E-state index is 10.3. The molecule has 2 rings (SSSR count). The molecule has 0 heterocycles. The molecule has 0 aliphatic rings. The fourth-order valence-corrected chi connectivity index (χ4v) is 2.35. The van der Waals surface area contributed by atoms with Gasteiger partial charge in [0.15, 0.2) is 0 Å². The molecule has 21 heavy (non-hydrogen) atoms. The fraction of sp³-hybridized carbons (Fsp3) is 0.368. The number of ether oxygens (including phenoxy) is 1. The van der Waals surface area contributed by atoms with Crippen molar-refractivity contribution in [2.75, 3.05) is 6.61 Å². The average molecular weight is 284 g/mol. The molecule has 0 aliphatic carbocycles. The summed E-state index contributed by atoms with van der Waals surface area (Å²) in [5.41, 5.74) is 4.42. The van der Waals surface area contributed by atoms with E-state index >= 15 is 0 Å². The average Bonchev–Trinajstić information content (AvgIpc) is 2.47. The van der Waals surface area contributed by atoms with Crippen LogP contribution in [0.3, 0.4) is 0 Å². The number of hydrogen-bond acceptors (Lipinski definition) is 2. The lowest BCUT2D eigenvalue weighted by atomic mass is 10.0. The lowest BCUT2D eigenvalue weighted by molar-refractivity contribution is 0.107. The van der Waals surface area contributed by atoms with Crippen LogP contribution in [0.15, 0.2) is 42.5 Å². The van der Waals surface area contributed by atoms with E-state index in [1.54, 1.807) is 0 Å².